The molecule has 3 aliphatic heterocycles. The molecule has 0 saturated carbocycles. The molecule has 1 N–H and O–H groups in total. The second-order valence-electron chi connectivity index (χ2n) is 5.98. The van der Waals surface area contributed by atoms with Crippen molar-refractivity contribution in [2.24, 2.45) is 0 Å². The van der Waals surface area contributed by atoms with Crippen LogP contribution in [0.5, 0.6) is 0 Å². The van der Waals surface area contributed by atoms with Gasteiger partial charge in [0, 0.05) is 19.1 Å². The molecule has 3 saturated heterocycles. The van der Waals surface area contributed by atoms with Crippen LogP contribution in [0.1, 0.15) is 32.6 Å². The molecule has 0 radical (unpaired) electrons. The van der Waals surface area contributed by atoms with Crippen LogP contribution >= 0.6 is 0 Å². The Morgan fingerprint density at radius 3 is 3.21 bits per heavy atom. The van der Waals surface area contributed by atoms with Crippen LogP contribution < -0.4 is 5.32 Å². The number of carbonyl (C=O) groups excluding carboxylic acids is 1. The van der Waals surface area contributed by atoms with Crippen LogP contribution in [-0.4, -0.2) is 66.8 Å². The summed E-state index contributed by atoms with van der Waals surface area (Å²) in [5, 5.41) is 3.30. The smallest absolute Gasteiger partial charge is 0.237 e. The van der Waals surface area contributed by atoms with Crippen LogP contribution in [0.25, 0.3) is 0 Å². The van der Waals surface area contributed by atoms with Gasteiger partial charge in [-0.25, -0.2) is 0 Å². The Labute approximate surface area is 115 Å². The fourth-order valence-corrected chi connectivity index (χ4v) is 3.57. The molecule has 3 fully saturated rings. The van der Waals surface area contributed by atoms with E-state index in [1.165, 1.54) is 19.4 Å². The zero-order valence-electron chi connectivity index (χ0n) is 11.8. The first-order valence-electron chi connectivity index (χ1n) is 7.66. The zero-order valence-corrected chi connectivity index (χ0v) is 11.8. The van der Waals surface area contributed by atoms with Crippen LogP contribution in [0.2, 0.25) is 0 Å². The normalized spacial score (nSPS) is 35.9. The molecule has 3 unspecified atom stereocenters. The SMILES string of the molecule is CCCC1NCC(=O)N1CC1CN2CCCC2CO1. The number of fused-ring (bicyclic) bond motifs is 1. The van der Waals surface area contributed by atoms with E-state index in [1.807, 2.05) is 4.90 Å². The molecule has 3 rings (SSSR count). The molecule has 0 bridgehead atoms. The van der Waals surface area contributed by atoms with E-state index in [2.05, 4.69) is 17.1 Å². The van der Waals surface area contributed by atoms with E-state index in [9.17, 15) is 4.79 Å². The van der Waals surface area contributed by atoms with Crippen molar-refractivity contribution in [2.45, 2.75) is 50.9 Å². The molecule has 3 atom stereocenters. The minimum absolute atomic E-state index is 0.192. The largest absolute Gasteiger partial charge is 0.373 e. The van der Waals surface area contributed by atoms with Crippen molar-refractivity contribution >= 4 is 5.91 Å². The number of rotatable bonds is 4. The number of nitrogens with one attached hydrogen (secondary N) is 1. The van der Waals surface area contributed by atoms with Gasteiger partial charge in [0.1, 0.15) is 0 Å². The molecule has 0 aromatic heterocycles. The van der Waals surface area contributed by atoms with Gasteiger partial charge in [-0.1, -0.05) is 13.3 Å². The second-order valence-corrected chi connectivity index (χ2v) is 5.98. The van der Waals surface area contributed by atoms with E-state index in [4.69, 9.17) is 4.74 Å². The fraction of sp³-hybridized carbons (Fsp3) is 0.929. The fourth-order valence-electron chi connectivity index (χ4n) is 3.57. The number of hydrogen-bond acceptors (Lipinski definition) is 4. The molecule has 19 heavy (non-hydrogen) atoms. The Kier molecular flexibility index (Phi) is 4.05. The summed E-state index contributed by atoms with van der Waals surface area (Å²) in [5.41, 5.74) is 0. The summed E-state index contributed by atoms with van der Waals surface area (Å²) >= 11 is 0. The van der Waals surface area contributed by atoms with Gasteiger partial charge < -0.3 is 9.64 Å². The molecular formula is C14H25N3O2. The summed E-state index contributed by atoms with van der Waals surface area (Å²) < 4.78 is 5.97. The van der Waals surface area contributed by atoms with E-state index in [0.717, 1.165) is 32.5 Å². The highest BCUT2D eigenvalue weighted by molar-refractivity contribution is 5.80. The van der Waals surface area contributed by atoms with E-state index in [0.29, 0.717) is 12.6 Å². The Morgan fingerprint density at radius 2 is 2.37 bits per heavy atom. The summed E-state index contributed by atoms with van der Waals surface area (Å²) in [6.45, 7) is 6.44. The van der Waals surface area contributed by atoms with Crippen molar-refractivity contribution in [3.63, 3.8) is 0 Å². The van der Waals surface area contributed by atoms with Gasteiger partial charge in [-0.2, -0.15) is 0 Å². The lowest BCUT2D eigenvalue weighted by Crippen LogP contribution is -2.52. The highest BCUT2D eigenvalue weighted by Crippen LogP contribution is 2.23. The van der Waals surface area contributed by atoms with Gasteiger partial charge in [0.25, 0.3) is 0 Å². The van der Waals surface area contributed by atoms with Crippen LogP contribution in [0.3, 0.4) is 0 Å². The predicted octanol–water partition coefficient (Wildman–Crippen LogP) is 0.408. The van der Waals surface area contributed by atoms with Crippen molar-refractivity contribution in [2.75, 3.05) is 32.8 Å². The molecule has 0 aliphatic carbocycles. The monoisotopic (exact) mass is 267 g/mol. The summed E-state index contributed by atoms with van der Waals surface area (Å²) in [6, 6.07) is 0.634. The minimum atomic E-state index is 0.192. The summed E-state index contributed by atoms with van der Waals surface area (Å²) in [7, 11) is 0. The Balaban J connectivity index is 1.56. The number of ether oxygens (including phenoxy) is 1. The molecule has 1 amide bonds. The van der Waals surface area contributed by atoms with Crippen LogP contribution in [0, 0.1) is 0 Å². The summed E-state index contributed by atoms with van der Waals surface area (Å²) in [4.78, 5) is 16.5. The molecular weight excluding hydrogens is 242 g/mol. The zero-order chi connectivity index (χ0) is 13.2. The maximum Gasteiger partial charge on any atom is 0.237 e. The Bertz CT molecular complexity index is 337. The first kappa shape index (κ1) is 13.3. The van der Waals surface area contributed by atoms with Gasteiger partial charge >= 0.3 is 0 Å². The molecule has 0 aromatic rings. The van der Waals surface area contributed by atoms with Crippen molar-refractivity contribution < 1.29 is 9.53 Å². The van der Waals surface area contributed by atoms with E-state index >= 15 is 0 Å². The predicted molar refractivity (Wildman–Crippen MR) is 72.7 cm³/mol. The van der Waals surface area contributed by atoms with Crippen molar-refractivity contribution in [3.05, 3.63) is 0 Å². The Hall–Kier alpha value is -0.650. The van der Waals surface area contributed by atoms with E-state index in [1.54, 1.807) is 0 Å². The van der Waals surface area contributed by atoms with Gasteiger partial charge in [-0.05, 0) is 25.8 Å². The van der Waals surface area contributed by atoms with Crippen molar-refractivity contribution in [1.82, 2.24) is 15.1 Å². The second kappa shape index (κ2) is 5.77. The van der Waals surface area contributed by atoms with E-state index < -0.39 is 0 Å². The number of nitrogens with zero attached hydrogens (tertiary/aromatic N) is 2. The molecule has 0 aromatic carbocycles. The molecule has 108 valence electrons. The van der Waals surface area contributed by atoms with Crippen LogP contribution in [0.15, 0.2) is 0 Å². The van der Waals surface area contributed by atoms with Crippen molar-refractivity contribution in [3.8, 4) is 0 Å². The van der Waals surface area contributed by atoms with Crippen LogP contribution in [-0.2, 0) is 9.53 Å². The average molecular weight is 267 g/mol. The lowest BCUT2D eigenvalue weighted by Gasteiger charge is -2.37. The number of amides is 1. The van der Waals surface area contributed by atoms with Gasteiger partial charge in [0.05, 0.1) is 25.4 Å². The highest BCUT2D eigenvalue weighted by Gasteiger charge is 2.36. The van der Waals surface area contributed by atoms with Gasteiger partial charge in [-0.15, -0.1) is 0 Å². The van der Waals surface area contributed by atoms with Crippen LogP contribution in [0.4, 0.5) is 0 Å². The van der Waals surface area contributed by atoms with Gasteiger partial charge in [0.15, 0.2) is 0 Å². The number of morpholine rings is 1. The third kappa shape index (κ3) is 2.78. The standard InChI is InChI=1S/C14H25N3O2/c1-2-4-13-15-7-14(18)17(13)9-12-8-16-6-3-5-11(16)10-19-12/h11-13,15H,2-10H2,1H3. The molecule has 0 spiro atoms. The molecule has 3 aliphatic rings. The first-order chi connectivity index (χ1) is 9.28. The Morgan fingerprint density at radius 1 is 1.47 bits per heavy atom. The highest BCUT2D eigenvalue weighted by atomic mass is 16.5. The van der Waals surface area contributed by atoms with Crippen molar-refractivity contribution in [1.29, 1.82) is 0 Å². The van der Waals surface area contributed by atoms with Gasteiger partial charge in [0.2, 0.25) is 5.91 Å². The maximum atomic E-state index is 12.0. The number of carbonyl (C=O) groups is 1. The lowest BCUT2D eigenvalue weighted by atomic mass is 10.1. The maximum absolute atomic E-state index is 12.0. The molecule has 3 heterocycles. The number of hydrogen-bond donors (Lipinski definition) is 1. The summed E-state index contributed by atoms with van der Waals surface area (Å²) in [6.07, 6.45) is 5.11. The third-order valence-electron chi connectivity index (χ3n) is 4.61. The van der Waals surface area contributed by atoms with Gasteiger partial charge in [-0.3, -0.25) is 15.0 Å². The summed E-state index contributed by atoms with van der Waals surface area (Å²) in [5.74, 6) is 0.227. The quantitative estimate of drug-likeness (QED) is 0.801. The average Bonchev–Trinajstić information content (AvgIpc) is 3.00. The first-order valence-corrected chi connectivity index (χ1v) is 7.66. The molecule has 5 heteroatoms. The third-order valence-corrected chi connectivity index (χ3v) is 4.61. The minimum Gasteiger partial charge on any atom is -0.373 e. The lowest BCUT2D eigenvalue weighted by molar-refractivity contribution is -0.132. The topological polar surface area (TPSA) is 44.8 Å². The molecule has 5 nitrogen and oxygen atoms in total. The van der Waals surface area contributed by atoms with E-state index in [-0.39, 0.29) is 18.2 Å².